The van der Waals surface area contributed by atoms with E-state index in [0.717, 1.165) is 18.3 Å². The third-order valence-electron chi connectivity index (χ3n) is 3.01. The largest absolute Gasteiger partial charge is 0.439 e. The number of benzene rings is 1. The van der Waals surface area contributed by atoms with Crippen LogP contribution in [0.2, 0.25) is 0 Å². The van der Waals surface area contributed by atoms with Crippen LogP contribution >= 0.6 is 22.6 Å². The van der Waals surface area contributed by atoms with Crippen molar-refractivity contribution in [3.05, 3.63) is 51.7 Å². The second-order valence-electron chi connectivity index (χ2n) is 4.72. The third kappa shape index (κ3) is 3.91. The zero-order valence-electron chi connectivity index (χ0n) is 10.5. The molecule has 0 unspecified atom stereocenters. The average Bonchev–Trinajstić information content (AvgIpc) is 3.25. The Morgan fingerprint density at radius 3 is 2.58 bits per heavy atom. The number of pyridine rings is 1. The van der Waals surface area contributed by atoms with Crippen LogP contribution in [0.1, 0.15) is 18.4 Å². The first-order valence-electron chi connectivity index (χ1n) is 6.41. The molecule has 3 rings (SSSR count). The Morgan fingerprint density at radius 1 is 1.16 bits per heavy atom. The van der Waals surface area contributed by atoms with E-state index in [2.05, 4.69) is 39.0 Å². The predicted octanol–water partition coefficient (Wildman–Crippen LogP) is 3.73. The van der Waals surface area contributed by atoms with Crippen molar-refractivity contribution in [2.75, 3.05) is 0 Å². The summed E-state index contributed by atoms with van der Waals surface area (Å²) in [7, 11) is 0. The minimum absolute atomic E-state index is 0.636. The fourth-order valence-electron chi connectivity index (χ4n) is 1.75. The second-order valence-corrected chi connectivity index (χ2v) is 5.96. The van der Waals surface area contributed by atoms with Crippen molar-refractivity contribution >= 4 is 22.6 Å². The highest BCUT2D eigenvalue weighted by Crippen LogP contribution is 2.21. The number of hydrogen-bond donors (Lipinski definition) is 1. The predicted molar refractivity (Wildman–Crippen MR) is 83.3 cm³/mol. The summed E-state index contributed by atoms with van der Waals surface area (Å²) in [5.41, 5.74) is 1.20. The molecule has 1 heterocycles. The molecule has 4 heteroatoms. The van der Waals surface area contributed by atoms with E-state index in [1.807, 2.05) is 36.5 Å². The van der Waals surface area contributed by atoms with E-state index >= 15 is 0 Å². The van der Waals surface area contributed by atoms with Crippen LogP contribution in [-0.2, 0) is 6.54 Å². The van der Waals surface area contributed by atoms with Gasteiger partial charge in [-0.3, -0.25) is 0 Å². The maximum absolute atomic E-state index is 5.69. The van der Waals surface area contributed by atoms with Crippen LogP contribution in [-0.4, -0.2) is 11.0 Å². The highest BCUT2D eigenvalue weighted by atomic mass is 127. The lowest BCUT2D eigenvalue weighted by Gasteiger charge is -2.06. The first-order chi connectivity index (χ1) is 9.29. The smallest absolute Gasteiger partial charge is 0.219 e. The molecule has 0 bridgehead atoms. The van der Waals surface area contributed by atoms with Crippen molar-refractivity contribution in [3.63, 3.8) is 0 Å². The normalized spacial score (nSPS) is 14.4. The lowest BCUT2D eigenvalue weighted by molar-refractivity contribution is 0.462. The van der Waals surface area contributed by atoms with Gasteiger partial charge in [0.2, 0.25) is 5.88 Å². The van der Waals surface area contributed by atoms with E-state index in [-0.39, 0.29) is 0 Å². The van der Waals surface area contributed by atoms with Crippen LogP contribution in [0.5, 0.6) is 11.6 Å². The summed E-state index contributed by atoms with van der Waals surface area (Å²) in [5, 5.41) is 3.47. The van der Waals surface area contributed by atoms with Crippen molar-refractivity contribution in [3.8, 4) is 11.6 Å². The average molecular weight is 366 g/mol. The molecule has 1 N–H and O–H groups in total. The number of nitrogens with zero attached hydrogens (tertiary/aromatic N) is 1. The van der Waals surface area contributed by atoms with E-state index in [9.17, 15) is 0 Å². The van der Waals surface area contributed by atoms with Crippen LogP contribution in [0.3, 0.4) is 0 Å². The molecule has 1 aromatic heterocycles. The summed E-state index contributed by atoms with van der Waals surface area (Å²) in [5.74, 6) is 1.45. The highest BCUT2D eigenvalue weighted by Gasteiger charge is 2.19. The lowest BCUT2D eigenvalue weighted by atomic mass is 10.3. The van der Waals surface area contributed by atoms with Crippen LogP contribution in [0.4, 0.5) is 0 Å². The van der Waals surface area contributed by atoms with E-state index in [4.69, 9.17) is 4.74 Å². The molecule has 1 aliphatic rings. The Balaban J connectivity index is 1.59. The van der Waals surface area contributed by atoms with Gasteiger partial charge in [-0.2, -0.15) is 0 Å². The van der Waals surface area contributed by atoms with Gasteiger partial charge in [-0.25, -0.2) is 4.98 Å². The molecule has 0 amide bonds. The number of rotatable bonds is 5. The zero-order chi connectivity index (χ0) is 13.1. The van der Waals surface area contributed by atoms with Crippen LogP contribution in [0, 0.1) is 3.57 Å². The molecular formula is C15H15IN2O. The molecule has 0 radical (unpaired) electrons. The van der Waals surface area contributed by atoms with Crippen molar-refractivity contribution < 1.29 is 4.74 Å². The molecular weight excluding hydrogens is 351 g/mol. The van der Waals surface area contributed by atoms with Gasteiger partial charge >= 0.3 is 0 Å². The molecule has 1 fully saturated rings. The molecule has 1 aromatic carbocycles. The zero-order valence-corrected chi connectivity index (χ0v) is 12.6. The number of nitrogens with one attached hydrogen (secondary N) is 1. The maximum Gasteiger partial charge on any atom is 0.219 e. The van der Waals surface area contributed by atoms with Gasteiger partial charge in [-0.05, 0) is 65.3 Å². The SMILES string of the molecule is Ic1ccc(Oc2ccc(CNC3CC3)cn2)cc1. The lowest BCUT2D eigenvalue weighted by Crippen LogP contribution is -2.15. The minimum atomic E-state index is 0.636. The topological polar surface area (TPSA) is 34.1 Å². The fourth-order valence-corrected chi connectivity index (χ4v) is 2.11. The van der Waals surface area contributed by atoms with Gasteiger partial charge in [0.15, 0.2) is 0 Å². The van der Waals surface area contributed by atoms with Gasteiger partial charge in [0.1, 0.15) is 5.75 Å². The minimum Gasteiger partial charge on any atom is -0.439 e. The van der Waals surface area contributed by atoms with E-state index < -0.39 is 0 Å². The van der Waals surface area contributed by atoms with Crippen LogP contribution < -0.4 is 10.1 Å². The van der Waals surface area contributed by atoms with E-state index in [1.54, 1.807) is 0 Å². The number of hydrogen-bond acceptors (Lipinski definition) is 3. The molecule has 19 heavy (non-hydrogen) atoms. The van der Waals surface area contributed by atoms with Gasteiger partial charge < -0.3 is 10.1 Å². The summed E-state index contributed by atoms with van der Waals surface area (Å²) < 4.78 is 6.89. The summed E-state index contributed by atoms with van der Waals surface area (Å²) in [6, 6.07) is 12.6. The highest BCUT2D eigenvalue weighted by molar-refractivity contribution is 14.1. The van der Waals surface area contributed by atoms with Gasteiger partial charge in [0.05, 0.1) is 0 Å². The Hall–Kier alpha value is -1.14. The van der Waals surface area contributed by atoms with Crippen molar-refractivity contribution in [1.29, 1.82) is 0 Å². The Bertz CT molecular complexity index is 535. The summed E-state index contributed by atoms with van der Waals surface area (Å²) in [6.45, 7) is 0.890. The van der Waals surface area contributed by atoms with Crippen LogP contribution in [0.15, 0.2) is 42.6 Å². The molecule has 0 atom stereocenters. The van der Waals surface area contributed by atoms with Gasteiger partial charge in [0, 0.05) is 28.4 Å². The molecule has 2 aromatic rings. The Labute approximate surface area is 126 Å². The first kappa shape index (κ1) is 12.9. The van der Waals surface area contributed by atoms with E-state index in [0.29, 0.717) is 5.88 Å². The number of ether oxygens (including phenoxy) is 1. The first-order valence-corrected chi connectivity index (χ1v) is 7.49. The van der Waals surface area contributed by atoms with Crippen LogP contribution in [0.25, 0.3) is 0 Å². The molecule has 1 saturated carbocycles. The third-order valence-corrected chi connectivity index (χ3v) is 3.73. The fraction of sp³-hybridized carbons (Fsp3) is 0.267. The monoisotopic (exact) mass is 366 g/mol. The molecule has 1 aliphatic carbocycles. The van der Waals surface area contributed by atoms with Gasteiger partial charge in [-0.1, -0.05) is 6.07 Å². The Kier molecular flexibility index (Phi) is 3.98. The molecule has 3 nitrogen and oxygen atoms in total. The second kappa shape index (κ2) is 5.88. The number of halogens is 1. The Morgan fingerprint density at radius 2 is 1.95 bits per heavy atom. The standard InChI is InChI=1S/C15H15IN2O/c16-12-2-6-14(7-3-12)19-15-8-1-11(10-18-15)9-17-13-4-5-13/h1-3,6-8,10,13,17H,4-5,9H2. The quantitative estimate of drug-likeness (QED) is 0.819. The van der Waals surface area contributed by atoms with Crippen molar-refractivity contribution in [2.45, 2.75) is 25.4 Å². The summed E-state index contributed by atoms with van der Waals surface area (Å²) >= 11 is 2.27. The molecule has 0 saturated heterocycles. The van der Waals surface area contributed by atoms with Crippen molar-refractivity contribution in [1.82, 2.24) is 10.3 Å². The van der Waals surface area contributed by atoms with Crippen molar-refractivity contribution in [2.24, 2.45) is 0 Å². The summed E-state index contributed by atoms with van der Waals surface area (Å²) in [4.78, 5) is 4.33. The molecule has 98 valence electrons. The summed E-state index contributed by atoms with van der Waals surface area (Å²) in [6.07, 6.45) is 4.49. The number of aromatic nitrogens is 1. The molecule has 0 aliphatic heterocycles. The van der Waals surface area contributed by atoms with Gasteiger partial charge in [-0.15, -0.1) is 0 Å². The molecule has 0 spiro atoms. The van der Waals surface area contributed by atoms with Gasteiger partial charge in [0.25, 0.3) is 0 Å². The van der Waals surface area contributed by atoms with E-state index in [1.165, 1.54) is 22.0 Å². The maximum atomic E-state index is 5.69.